The third-order valence-electron chi connectivity index (χ3n) is 4.21. The first-order valence-corrected chi connectivity index (χ1v) is 9.44. The molecule has 0 spiro atoms. The van der Waals surface area contributed by atoms with Crippen LogP contribution >= 0.6 is 0 Å². The highest BCUT2D eigenvalue weighted by molar-refractivity contribution is 5.92. The number of hydrogen-bond donors (Lipinski definition) is 3. The van der Waals surface area contributed by atoms with Gasteiger partial charge in [0.2, 0.25) is 0 Å². The lowest BCUT2D eigenvalue weighted by molar-refractivity contribution is -0.0496. The van der Waals surface area contributed by atoms with E-state index in [9.17, 15) is 27.2 Å². The summed E-state index contributed by atoms with van der Waals surface area (Å²) in [5.74, 6) is -0.750. The van der Waals surface area contributed by atoms with Crippen LogP contribution in [0.15, 0.2) is 31.0 Å². The lowest BCUT2D eigenvalue weighted by atomic mass is 10.3. The van der Waals surface area contributed by atoms with Gasteiger partial charge in [-0.1, -0.05) is 0 Å². The summed E-state index contributed by atoms with van der Waals surface area (Å²) in [7, 11) is 1.43. The lowest BCUT2D eigenvalue weighted by Gasteiger charge is -2.17. The molecule has 0 bridgehead atoms. The van der Waals surface area contributed by atoms with E-state index >= 15 is 0 Å². The summed E-state index contributed by atoms with van der Waals surface area (Å²) < 4.78 is 56.4. The van der Waals surface area contributed by atoms with E-state index in [0.29, 0.717) is 6.07 Å². The fourth-order valence-electron chi connectivity index (χ4n) is 2.72. The number of carbonyl (C=O) groups excluding carboxylic acids is 2. The molecule has 12 nitrogen and oxygen atoms in total. The number of urea groups is 1. The molecule has 0 aliphatic carbocycles. The Morgan fingerprint density at radius 1 is 1.06 bits per heavy atom. The van der Waals surface area contributed by atoms with Crippen molar-refractivity contribution in [2.45, 2.75) is 26.0 Å². The van der Waals surface area contributed by atoms with Crippen LogP contribution < -0.4 is 20.7 Å². The van der Waals surface area contributed by atoms with Crippen molar-refractivity contribution in [1.29, 1.82) is 0 Å². The third-order valence-corrected chi connectivity index (χ3v) is 4.21. The minimum absolute atomic E-state index is 0.0682. The third kappa shape index (κ3) is 5.70. The second kappa shape index (κ2) is 10.5. The number of amides is 3. The van der Waals surface area contributed by atoms with Crippen molar-refractivity contribution in [2.75, 3.05) is 12.4 Å². The van der Waals surface area contributed by atoms with Crippen LogP contribution in [-0.4, -0.2) is 55.3 Å². The number of anilines is 1. The molecule has 3 aromatic heterocycles. The van der Waals surface area contributed by atoms with Gasteiger partial charge in [-0.25, -0.2) is 28.5 Å². The molecule has 0 aliphatic rings. The molecule has 3 amide bonds. The van der Waals surface area contributed by atoms with Crippen LogP contribution in [0.1, 0.15) is 41.4 Å². The number of rotatable bonds is 8. The van der Waals surface area contributed by atoms with Gasteiger partial charge in [0, 0.05) is 19.2 Å². The molecular weight excluding hydrogens is 466 g/mol. The SMILES string of the molecule is CNC(=O)c1cc(-n2ncnc2[C@H](C)NC(=O)Nc2cnc(C(F)F)cc2OC(F)F)ncn1. The average Bonchev–Trinajstić information content (AvgIpc) is 3.29. The molecule has 0 aromatic carbocycles. The summed E-state index contributed by atoms with van der Waals surface area (Å²) >= 11 is 0. The van der Waals surface area contributed by atoms with Gasteiger partial charge in [-0.05, 0) is 6.92 Å². The summed E-state index contributed by atoms with van der Waals surface area (Å²) in [4.78, 5) is 39.6. The maximum absolute atomic E-state index is 12.8. The predicted molar refractivity (Wildman–Crippen MR) is 107 cm³/mol. The molecule has 3 heterocycles. The molecule has 1 atom stereocenters. The summed E-state index contributed by atoms with van der Waals surface area (Å²) in [5.41, 5.74) is -1.09. The number of ether oxygens (including phenoxy) is 1. The maximum atomic E-state index is 12.8. The van der Waals surface area contributed by atoms with E-state index in [0.717, 1.165) is 12.5 Å². The van der Waals surface area contributed by atoms with E-state index in [1.807, 2.05) is 0 Å². The van der Waals surface area contributed by atoms with Gasteiger partial charge in [0.1, 0.15) is 29.7 Å². The number of aromatic nitrogens is 6. The van der Waals surface area contributed by atoms with Crippen molar-refractivity contribution in [3.63, 3.8) is 0 Å². The zero-order valence-corrected chi connectivity index (χ0v) is 17.5. The van der Waals surface area contributed by atoms with Crippen molar-refractivity contribution in [1.82, 2.24) is 40.3 Å². The van der Waals surface area contributed by atoms with Gasteiger partial charge in [0.05, 0.1) is 12.2 Å². The number of hydrogen-bond acceptors (Lipinski definition) is 8. The Balaban J connectivity index is 1.77. The van der Waals surface area contributed by atoms with Crippen LogP contribution in [0.25, 0.3) is 5.82 Å². The fourth-order valence-corrected chi connectivity index (χ4v) is 2.72. The molecule has 3 aromatic rings. The van der Waals surface area contributed by atoms with Gasteiger partial charge in [0.15, 0.2) is 17.4 Å². The Labute approximate surface area is 188 Å². The normalized spacial score (nSPS) is 11.9. The second-order valence-electron chi connectivity index (χ2n) is 6.48. The Morgan fingerprint density at radius 2 is 1.82 bits per heavy atom. The van der Waals surface area contributed by atoms with Crippen LogP contribution in [0.2, 0.25) is 0 Å². The molecule has 3 N–H and O–H groups in total. The monoisotopic (exact) mass is 483 g/mol. The highest BCUT2D eigenvalue weighted by atomic mass is 19.3. The summed E-state index contributed by atoms with van der Waals surface area (Å²) in [6.45, 7) is -1.78. The Kier molecular flexibility index (Phi) is 7.50. The van der Waals surface area contributed by atoms with Gasteiger partial charge in [0.25, 0.3) is 12.3 Å². The number of nitrogens with one attached hydrogen (secondary N) is 3. The first-order chi connectivity index (χ1) is 16.2. The quantitative estimate of drug-likeness (QED) is 0.413. The van der Waals surface area contributed by atoms with E-state index in [4.69, 9.17) is 0 Å². The van der Waals surface area contributed by atoms with E-state index in [2.05, 4.69) is 45.7 Å². The lowest BCUT2D eigenvalue weighted by Crippen LogP contribution is -2.33. The predicted octanol–water partition coefficient (Wildman–Crippen LogP) is 2.23. The number of pyridine rings is 1. The number of nitrogens with zero attached hydrogens (tertiary/aromatic N) is 6. The van der Waals surface area contributed by atoms with Crippen LogP contribution in [0.4, 0.5) is 28.0 Å². The molecule has 0 saturated heterocycles. The number of alkyl halides is 4. The molecule has 3 rings (SSSR count). The van der Waals surface area contributed by atoms with Gasteiger partial charge in [-0.15, -0.1) is 0 Å². The standard InChI is InChI=1S/C18H17F4N9O3/c1-8(15-27-7-28-31(15)13-4-10(16(32)23-2)25-6-26-13)29-18(33)30-11-5-24-9(14(19)20)3-12(11)34-17(21)22/h3-8,14,17H,1-2H3,(H,23,32)(H2,29,30,33)/t8-/m0/s1. The minimum Gasteiger partial charge on any atom is -0.432 e. The first-order valence-electron chi connectivity index (χ1n) is 9.44. The second-order valence-corrected chi connectivity index (χ2v) is 6.48. The van der Waals surface area contributed by atoms with Crippen molar-refractivity contribution in [3.05, 3.63) is 48.2 Å². The Bertz CT molecular complexity index is 1180. The molecule has 0 saturated carbocycles. The Morgan fingerprint density at radius 3 is 2.50 bits per heavy atom. The summed E-state index contributed by atoms with van der Waals surface area (Å²) in [5, 5.41) is 11.2. The van der Waals surface area contributed by atoms with Gasteiger partial charge in [-0.2, -0.15) is 18.6 Å². The first kappa shape index (κ1) is 24.3. The van der Waals surface area contributed by atoms with Gasteiger partial charge in [-0.3, -0.25) is 9.78 Å². The summed E-state index contributed by atoms with van der Waals surface area (Å²) in [6.07, 6.45) is 0.0819. The zero-order valence-electron chi connectivity index (χ0n) is 17.5. The molecule has 0 fully saturated rings. The van der Waals surface area contributed by atoms with Crippen molar-refractivity contribution in [2.24, 2.45) is 0 Å². The van der Waals surface area contributed by atoms with E-state index in [-0.39, 0.29) is 23.0 Å². The fraction of sp³-hybridized carbons (Fsp3) is 0.278. The molecule has 0 radical (unpaired) electrons. The van der Waals surface area contributed by atoms with Gasteiger partial charge < -0.3 is 20.7 Å². The molecule has 34 heavy (non-hydrogen) atoms. The number of halogens is 4. The average molecular weight is 483 g/mol. The molecule has 16 heteroatoms. The summed E-state index contributed by atoms with van der Waals surface area (Å²) in [6, 6.07) is 0.245. The minimum atomic E-state index is -3.32. The van der Waals surface area contributed by atoms with E-state index in [1.54, 1.807) is 0 Å². The largest absolute Gasteiger partial charge is 0.432 e. The molecular formula is C18H17F4N9O3. The van der Waals surface area contributed by atoms with E-state index in [1.165, 1.54) is 31.0 Å². The van der Waals surface area contributed by atoms with Crippen LogP contribution in [-0.2, 0) is 0 Å². The van der Waals surface area contributed by atoms with E-state index < -0.39 is 42.5 Å². The Hall–Kier alpha value is -4.37. The number of carbonyl (C=O) groups is 2. The van der Waals surface area contributed by atoms with Crippen molar-refractivity contribution >= 4 is 17.6 Å². The van der Waals surface area contributed by atoms with Gasteiger partial charge >= 0.3 is 12.6 Å². The molecule has 0 aliphatic heterocycles. The molecule has 0 unspecified atom stereocenters. The zero-order chi connectivity index (χ0) is 24.8. The van der Waals surface area contributed by atoms with Crippen molar-refractivity contribution < 1.29 is 31.9 Å². The van der Waals surface area contributed by atoms with Crippen molar-refractivity contribution in [3.8, 4) is 11.6 Å². The highest BCUT2D eigenvalue weighted by Crippen LogP contribution is 2.29. The molecule has 180 valence electrons. The highest BCUT2D eigenvalue weighted by Gasteiger charge is 2.21. The van der Waals surface area contributed by atoms with Crippen LogP contribution in [0, 0.1) is 0 Å². The maximum Gasteiger partial charge on any atom is 0.387 e. The van der Waals surface area contributed by atoms with Crippen LogP contribution in [0.3, 0.4) is 0 Å². The van der Waals surface area contributed by atoms with Crippen LogP contribution in [0.5, 0.6) is 5.75 Å². The topological polar surface area (TPSA) is 149 Å². The smallest absolute Gasteiger partial charge is 0.387 e.